The molecular weight excluding hydrogens is 457 g/mol. The predicted molar refractivity (Wildman–Crippen MR) is 116 cm³/mol. The lowest BCUT2D eigenvalue weighted by molar-refractivity contribution is -0.161. The normalized spacial score (nSPS) is 16.7. The highest BCUT2D eigenvalue weighted by Crippen LogP contribution is 2.59. The van der Waals surface area contributed by atoms with Crippen molar-refractivity contribution in [2.45, 2.75) is 38.5 Å². The van der Waals surface area contributed by atoms with Gasteiger partial charge in [-0.25, -0.2) is 15.0 Å². The van der Waals surface area contributed by atoms with Gasteiger partial charge in [0.25, 0.3) is 0 Å². The van der Waals surface area contributed by atoms with Crippen LogP contribution in [0.5, 0.6) is 0 Å². The summed E-state index contributed by atoms with van der Waals surface area (Å²) in [5.74, 6) is -0.612. The van der Waals surface area contributed by atoms with Crippen molar-refractivity contribution in [2.24, 2.45) is 5.41 Å². The Labute approximate surface area is 191 Å². The molecule has 3 aromatic rings. The van der Waals surface area contributed by atoms with E-state index in [1.807, 2.05) is 6.07 Å². The third-order valence-corrected chi connectivity index (χ3v) is 6.88. The number of aromatic nitrogens is 3. The maximum Gasteiger partial charge on any atom is 0.433 e. The van der Waals surface area contributed by atoms with E-state index in [-0.39, 0.29) is 12.6 Å². The molecule has 0 aliphatic heterocycles. The van der Waals surface area contributed by atoms with E-state index in [9.17, 15) is 23.1 Å². The number of esters is 1. The molecule has 2 N–H and O–H groups in total. The Morgan fingerprint density at radius 2 is 2.03 bits per heavy atom. The first kappa shape index (κ1) is 23.1. The number of alkyl halides is 3. The van der Waals surface area contributed by atoms with Gasteiger partial charge in [0.1, 0.15) is 21.7 Å². The van der Waals surface area contributed by atoms with Gasteiger partial charge >= 0.3 is 12.1 Å². The van der Waals surface area contributed by atoms with Crippen molar-refractivity contribution >= 4 is 28.9 Å². The van der Waals surface area contributed by atoms with Gasteiger partial charge in [-0.15, -0.1) is 11.3 Å². The number of nitrogens with zero attached hydrogens (tertiary/aromatic N) is 3. The molecule has 174 valence electrons. The summed E-state index contributed by atoms with van der Waals surface area (Å²) >= 11 is 1.24. The number of carbonyl (C=O) groups excluding carboxylic acids is 1. The molecule has 1 fully saturated rings. The third-order valence-electron chi connectivity index (χ3n) is 5.62. The first-order chi connectivity index (χ1) is 15.6. The van der Waals surface area contributed by atoms with Crippen molar-refractivity contribution in [3.8, 4) is 10.4 Å². The van der Waals surface area contributed by atoms with E-state index in [1.54, 1.807) is 38.2 Å². The Kier molecular flexibility index (Phi) is 5.87. The van der Waals surface area contributed by atoms with E-state index >= 15 is 0 Å². The van der Waals surface area contributed by atoms with E-state index < -0.39 is 28.9 Å². The van der Waals surface area contributed by atoms with Gasteiger partial charge in [-0.05, 0) is 50.5 Å². The third kappa shape index (κ3) is 4.42. The van der Waals surface area contributed by atoms with Crippen molar-refractivity contribution in [1.82, 2.24) is 15.0 Å². The Bertz CT molecular complexity index is 1180. The monoisotopic (exact) mass is 478 g/mol. The molecule has 1 unspecified atom stereocenters. The number of hydrogen-bond donors (Lipinski definition) is 2. The predicted octanol–water partition coefficient (Wildman–Crippen LogP) is 4.91. The maximum atomic E-state index is 12.9. The molecule has 11 heteroatoms. The summed E-state index contributed by atoms with van der Waals surface area (Å²) in [7, 11) is 0. The number of rotatable bonds is 7. The molecule has 2 heterocycles. The highest BCUT2D eigenvalue weighted by molar-refractivity contribution is 7.15. The minimum Gasteiger partial charge on any atom is -0.465 e. The van der Waals surface area contributed by atoms with Crippen LogP contribution in [0.4, 0.5) is 24.8 Å². The second-order valence-electron chi connectivity index (χ2n) is 7.87. The molecule has 7 nitrogen and oxygen atoms in total. The van der Waals surface area contributed by atoms with Gasteiger partial charge in [0.15, 0.2) is 0 Å². The SMILES string of the molecule is CCOC(=O)C1(C(C)(O)c2ncc(-c3cccc(Nc4nccc(C(F)(F)F)n4)c3)s2)CC1. The molecule has 33 heavy (non-hydrogen) atoms. The lowest BCUT2D eigenvalue weighted by Gasteiger charge is -2.29. The topological polar surface area (TPSA) is 97.2 Å². The fraction of sp³-hybridized carbons (Fsp3) is 0.364. The minimum atomic E-state index is -4.57. The molecule has 1 saturated carbocycles. The van der Waals surface area contributed by atoms with Gasteiger partial charge < -0.3 is 15.2 Å². The molecule has 0 bridgehead atoms. The number of thiazole rings is 1. The van der Waals surface area contributed by atoms with Gasteiger partial charge in [0, 0.05) is 18.1 Å². The molecule has 0 spiro atoms. The minimum absolute atomic E-state index is 0.181. The lowest BCUT2D eigenvalue weighted by atomic mass is 9.86. The van der Waals surface area contributed by atoms with Crippen LogP contribution in [-0.4, -0.2) is 32.6 Å². The van der Waals surface area contributed by atoms with Crippen LogP contribution in [-0.2, 0) is 21.3 Å². The van der Waals surface area contributed by atoms with Crippen molar-refractivity contribution in [1.29, 1.82) is 0 Å². The van der Waals surface area contributed by atoms with E-state index in [4.69, 9.17) is 4.74 Å². The van der Waals surface area contributed by atoms with Crippen molar-refractivity contribution in [3.63, 3.8) is 0 Å². The van der Waals surface area contributed by atoms with Crippen LogP contribution in [0.3, 0.4) is 0 Å². The van der Waals surface area contributed by atoms with Gasteiger partial charge in [0.2, 0.25) is 5.95 Å². The Morgan fingerprint density at radius 1 is 1.27 bits per heavy atom. The highest BCUT2D eigenvalue weighted by atomic mass is 32.1. The van der Waals surface area contributed by atoms with Crippen molar-refractivity contribution < 1.29 is 27.8 Å². The number of halogens is 3. The van der Waals surface area contributed by atoms with Crippen molar-refractivity contribution in [2.75, 3.05) is 11.9 Å². The fourth-order valence-electron chi connectivity index (χ4n) is 3.58. The van der Waals surface area contributed by atoms with Crippen LogP contribution in [0.2, 0.25) is 0 Å². The summed E-state index contributed by atoms with van der Waals surface area (Å²) in [6, 6.07) is 7.72. The number of hydrogen-bond acceptors (Lipinski definition) is 8. The van der Waals surface area contributed by atoms with E-state index in [0.29, 0.717) is 23.5 Å². The zero-order valence-corrected chi connectivity index (χ0v) is 18.6. The highest BCUT2D eigenvalue weighted by Gasteiger charge is 2.65. The molecule has 2 aromatic heterocycles. The molecular formula is C22H21F3N4O3S. The van der Waals surface area contributed by atoms with Gasteiger partial charge in [-0.3, -0.25) is 4.79 Å². The zero-order valence-electron chi connectivity index (χ0n) is 17.8. The van der Waals surface area contributed by atoms with Crippen LogP contribution >= 0.6 is 11.3 Å². The number of nitrogens with one attached hydrogen (secondary N) is 1. The molecule has 1 aliphatic rings. The molecule has 1 aromatic carbocycles. The molecule has 0 saturated heterocycles. The summed E-state index contributed by atoms with van der Waals surface area (Å²) in [6.07, 6.45) is -0.902. The van der Waals surface area contributed by atoms with Gasteiger partial charge in [-0.1, -0.05) is 12.1 Å². The summed E-state index contributed by atoms with van der Waals surface area (Å²) in [6.45, 7) is 3.52. The van der Waals surface area contributed by atoms with E-state index in [0.717, 1.165) is 22.7 Å². The zero-order chi connectivity index (χ0) is 23.9. The largest absolute Gasteiger partial charge is 0.465 e. The summed E-state index contributed by atoms with van der Waals surface area (Å²) < 4.78 is 43.9. The Balaban J connectivity index is 1.56. The summed E-state index contributed by atoms with van der Waals surface area (Å²) in [5.41, 5.74) is -2.31. The average Bonchev–Trinajstić information content (AvgIpc) is 3.44. The molecule has 1 atom stereocenters. The van der Waals surface area contributed by atoms with Crippen LogP contribution in [0.1, 0.15) is 37.4 Å². The van der Waals surface area contributed by atoms with Crippen LogP contribution < -0.4 is 5.32 Å². The van der Waals surface area contributed by atoms with Crippen molar-refractivity contribution in [3.05, 3.63) is 53.4 Å². The number of anilines is 2. The molecule has 0 radical (unpaired) electrons. The standard InChI is InChI=1S/C22H21F3N4O3S/c1-3-32-18(30)21(8-9-21)20(2,31)17-27-12-15(33-17)13-5-4-6-14(11-13)28-19-26-10-7-16(29-19)22(23,24)25/h4-7,10-12,31H,3,8-9H2,1-2H3,(H,26,28,29). The van der Waals surface area contributed by atoms with E-state index in [1.165, 1.54) is 11.3 Å². The number of carbonyl (C=O) groups is 1. The quantitative estimate of drug-likeness (QED) is 0.466. The second kappa shape index (κ2) is 8.38. The lowest BCUT2D eigenvalue weighted by Crippen LogP contribution is -2.40. The average molecular weight is 478 g/mol. The van der Waals surface area contributed by atoms with Crippen LogP contribution in [0.15, 0.2) is 42.7 Å². The van der Waals surface area contributed by atoms with Gasteiger partial charge in [0.05, 0.1) is 11.5 Å². The number of ether oxygens (including phenoxy) is 1. The molecule has 4 rings (SSSR count). The van der Waals surface area contributed by atoms with Gasteiger partial charge in [-0.2, -0.15) is 13.2 Å². The smallest absolute Gasteiger partial charge is 0.433 e. The molecule has 1 aliphatic carbocycles. The van der Waals surface area contributed by atoms with Crippen LogP contribution in [0.25, 0.3) is 10.4 Å². The number of benzene rings is 1. The maximum absolute atomic E-state index is 12.9. The first-order valence-corrected chi connectivity index (χ1v) is 11.0. The Morgan fingerprint density at radius 3 is 2.70 bits per heavy atom. The fourth-order valence-corrected chi connectivity index (χ4v) is 4.64. The van der Waals surface area contributed by atoms with E-state index in [2.05, 4.69) is 20.3 Å². The first-order valence-electron chi connectivity index (χ1n) is 10.2. The Hall–Kier alpha value is -3.05. The van der Waals surface area contributed by atoms with Crippen LogP contribution in [0, 0.1) is 5.41 Å². The molecule has 0 amide bonds. The summed E-state index contributed by atoms with van der Waals surface area (Å²) in [5, 5.41) is 14.4. The number of aliphatic hydroxyl groups is 1. The summed E-state index contributed by atoms with van der Waals surface area (Å²) in [4.78, 5) is 24.9. The second-order valence-corrected chi connectivity index (χ2v) is 8.90.